The number of anilines is 1. The molecule has 1 N–H and O–H groups in total. The molecule has 6 nitrogen and oxygen atoms in total. The average molecular weight is 446 g/mol. The number of ether oxygens (including phenoxy) is 1. The number of nitrogens with zero attached hydrogens (tertiary/aromatic N) is 1. The second-order valence-corrected chi connectivity index (χ2v) is 8.62. The largest absolute Gasteiger partial charge is 0.495 e. The van der Waals surface area contributed by atoms with Crippen LogP contribution in [0.2, 0.25) is 0 Å². The Hall–Kier alpha value is -2.66. The van der Waals surface area contributed by atoms with Gasteiger partial charge in [0.2, 0.25) is 15.9 Å². The van der Waals surface area contributed by atoms with Crippen LogP contribution in [0.3, 0.4) is 0 Å². The minimum atomic E-state index is -4.18. The van der Waals surface area contributed by atoms with E-state index in [0.717, 1.165) is 22.5 Å². The molecular formula is C19H18F4N2O4S. The number of carbonyl (C=O) groups is 1. The lowest BCUT2D eigenvalue weighted by molar-refractivity contribution is -0.120. The third-order valence-electron chi connectivity index (χ3n) is 4.79. The number of sulfonamides is 1. The van der Waals surface area contributed by atoms with Crippen LogP contribution in [0.25, 0.3) is 0 Å². The van der Waals surface area contributed by atoms with Crippen molar-refractivity contribution in [1.29, 1.82) is 0 Å². The Kier molecular flexibility index (Phi) is 6.32. The van der Waals surface area contributed by atoms with Crippen molar-refractivity contribution in [3.63, 3.8) is 0 Å². The highest BCUT2D eigenvalue weighted by atomic mass is 32.2. The van der Waals surface area contributed by atoms with Crippen LogP contribution in [0, 0.1) is 29.2 Å². The van der Waals surface area contributed by atoms with E-state index in [2.05, 4.69) is 5.32 Å². The number of amides is 1. The predicted octanol–water partition coefficient (Wildman–Crippen LogP) is 3.29. The SMILES string of the molecule is COc1ccc(F)cc1S(=O)(=O)N1CCCC(C(=O)Nc2ccc(F)c(F)c2F)C1. The summed E-state index contributed by atoms with van der Waals surface area (Å²) < 4.78 is 85.8. The zero-order valence-electron chi connectivity index (χ0n) is 15.8. The molecule has 1 fully saturated rings. The van der Waals surface area contributed by atoms with E-state index in [9.17, 15) is 30.8 Å². The second kappa shape index (κ2) is 8.60. The number of halogens is 4. The molecule has 1 saturated heterocycles. The molecule has 0 radical (unpaired) electrons. The van der Waals surface area contributed by atoms with Crippen LogP contribution in [0.1, 0.15) is 12.8 Å². The Morgan fingerprint density at radius 3 is 2.57 bits per heavy atom. The Morgan fingerprint density at radius 1 is 1.13 bits per heavy atom. The number of benzene rings is 2. The van der Waals surface area contributed by atoms with E-state index in [1.54, 1.807) is 0 Å². The van der Waals surface area contributed by atoms with Crippen LogP contribution in [0.5, 0.6) is 5.75 Å². The van der Waals surface area contributed by atoms with E-state index in [0.29, 0.717) is 18.9 Å². The summed E-state index contributed by atoms with van der Waals surface area (Å²) in [6, 6.07) is 4.61. The maximum atomic E-state index is 13.8. The molecule has 1 heterocycles. The van der Waals surface area contributed by atoms with Crippen LogP contribution in [0.4, 0.5) is 23.2 Å². The molecule has 3 rings (SSSR count). The van der Waals surface area contributed by atoms with Gasteiger partial charge in [-0.05, 0) is 43.2 Å². The van der Waals surface area contributed by atoms with Gasteiger partial charge in [-0.15, -0.1) is 0 Å². The van der Waals surface area contributed by atoms with Crippen LogP contribution >= 0.6 is 0 Å². The van der Waals surface area contributed by atoms with Crippen molar-refractivity contribution in [1.82, 2.24) is 4.31 Å². The number of methoxy groups -OCH3 is 1. The van der Waals surface area contributed by atoms with Crippen molar-refractivity contribution >= 4 is 21.6 Å². The lowest BCUT2D eigenvalue weighted by Gasteiger charge is -2.31. The van der Waals surface area contributed by atoms with Gasteiger partial charge in [0.15, 0.2) is 17.5 Å². The third kappa shape index (κ3) is 4.26. The van der Waals surface area contributed by atoms with Crippen molar-refractivity contribution in [3.05, 3.63) is 53.6 Å². The molecule has 11 heteroatoms. The van der Waals surface area contributed by atoms with Crippen LogP contribution in [-0.2, 0) is 14.8 Å². The quantitative estimate of drug-likeness (QED) is 0.565. The fraction of sp³-hybridized carbons (Fsp3) is 0.316. The average Bonchev–Trinajstić information content (AvgIpc) is 2.74. The van der Waals surface area contributed by atoms with E-state index in [4.69, 9.17) is 4.74 Å². The van der Waals surface area contributed by atoms with Crippen molar-refractivity contribution in [2.75, 3.05) is 25.5 Å². The maximum absolute atomic E-state index is 13.8. The molecule has 1 atom stereocenters. The minimum Gasteiger partial charge on any atom is -0.495 e. The van der Waals surface area contributed by atoms with E-state index >= 15 is 0 Å². The fourth-order valence-corrected chi connectivity index (χ4v) is 4.91. The van der Waals surface area contributed by atoms with E-state index in [1.165, 1.54) is 13.2 Å². The Labute approximate surface area is 170 Å². The summed E-state index contributed by atoms with van der Waals surface area (Å²) in [6.07, 6.45) is 0.610. The Bertz CT molecular complexity index is 1080. The van der Waals surface area contributed by atoms with Gasteiger partial charge >= 0.3 is 0 Å². The van der Waals surface area contributed by atoms with Crippen molar-refractivity contribution in [3.8, 4) is 5.75 Å². The Morgan fingerprint density at radius 2 is 1.87 bits per heavy atom. The number of rotatable bonds is 5. The molecular weight excluding hydrogens is 428 g/mol. The Balaban J connectivity index is 1.81. The first-order valence-corrected chi connectivity index (χ1v) is 10.4. The number of hydrogen-bond donors (Lipinski definition) is 1. The molecule has 2 aromatic rings. The molecule has 0 spiro atoms. The molecule has 162 valence electrons. The van der Waals surface area contributed by atoms with Gasteiger partial charge in [0.1, 0.15) is 16.5 Å². The third-order valence-corrected chi connectivity index (χ3v) is 6.68. The topological polar surface area (TPSA) is 75.7 Å². The van der Waals surface area contributed by atoms with Gasteiger partial charge in [-0.2, -0.15) is 4.31 Å². The predicted molar refractivity (Wildman–Crippen MR) is 99.4 cm³/mol. The summed E-state index contributed by atoms with van der Waals surface area (Å²) in [5, 5.41) is 2.16. The fourth-order valence-electron chi connectivity index (χ4n) is 3.22. The van der Waals surface area contributed by atoms with E-state index < -0.39 is 50.8 Å². The smallest absolute Gasteiger partial charge is 0.246 e. The summed E-state index contributed by atoms with van der Waals surface area (Å²) in [5.74, 6) is -7.11. The van der Waals surface area contributed by atoms with Gasteiger partial charge in [0.05, 0.1) is 18.7 Å². The van der Waals surface area contributed by atoms with Gasteiger partial charge in [-0.3, -0.25) is 4.79 Å². The molecule has 1 aliphatic heterocycles. The molecule has 1 amide bonds. The summed E-state index contributed by atoms with van der Waals surface area (Å²) in [7, 11) is -2.94. The van der Waals surface area contributed by atoms with Crippen molar-refractivity contribution < 1.29 is 35.5 Å². The minimum absolute atomic E-state index is 0.0492. The highest BCUT2D eigenvalue weighted by Gasteiger charge is 2.35. The molecule has 1 unspecified atom stereocenters. The number of piperidine rings is 1. The summed E-state index contributed by atoms with van der Waals surface area (Å²) in [6.45, 7) is -0.162. The number of carbonyl (C=O) groups excluding carboxylic acids is 1. The van der Waals surface area contributed by atoms with Gasteiger partial charge < -0.3 is 10.1 Å². The van der Waals surface area contributed by atoms with E-state index in [-0.39, 0.29) is 23.7 Å². The standard InChI is InChI=1S/C19H18F4N2O4S/c1-29-15-7-4-12(20)9-16(15)30(27,28)25-8-2-3-11(10-25)19(26)24-14-6-5-13(21)17(22)18(14)23/h4-7,9,11H,2-3,8,10H2,1H3,(H,24,26). The lowest BCUT2D eigenvalue weighted by Crippen LogP contribution is -2.43. The van der Waals surface area contributed by atoms with Gasteiger partial charge in [-0.25, -0.2) is 26.0 Å². The summed E-state index contributed by atoms with van der Waals surface area (Å²) >= 11 is 0. The molecule has 0 aliphatic carbocycles. The number of nitrogens with one attached hydrogen (secondary N) is 1. The van der Waals surface area contributed by atoms with Gasteiger partial charge in [-0.1, -0.05) is 0 Å². The maximum Gasteiger partial charge on any atom is 0.246 e. The highest BCUT2D eigenvalue weighted by Crippen LogP contribution is 2.31. The first-order chi connectivity index (χ1) is 14.1. The van der Waals surface area contributed by atoms with Crippen molar-refractivity contribution in [2.45, 2.75) is 17.7 Å². The number of hydrogen-bond acceptors (Lipinski definition) is 4. The van der Waals surface area contributed by atoms with Crippen LogP contribution in [0.15, 0.2) is 35.2 Å². The molecule has 0 aromatic heterocycles. The molecule has 2 aromatic carbocycles. The van der Waals surface area contributed by atoms with Crippen molar-refractivity contribution in [2.24, 2.45) is 5.92 Å². The van der Waals surface area contributed by atoms with Gasteiger partial charge in [0.25, 0.3) is 0 Å². The zero-order valence-corrected chi connectivity index (χ0v) is 16.6. The lowest BCUT2D eigenvalue weighted by atomic mass is 9.98. The summed E-state index contributed by atoms with van der Waals surface area (Å²) in [4.78, 5) is 12.1. The molecule has 1 aliphatic rings. The summed E-state index contributed by atoms with van der Waals surface area (Å²) in [5.41, 5.74) is -0.550. The first-order valence-electron chi connectivity index (χ1n) is 8.93. The highest BCUT2D eigenvalue weighted by molar-refractivity contribution is 7.89. The van der Waals surface area contributed by atoms with E-state index in [1.807, 2.05) is 0 Å². The first kappa shape index (κ1) is 22.0. The molecule has 0 bridgehead atoms. The van der Waals surface area contributed by atoms with Crippen LogP contribution < -0.4 is 10.1 Å². The van der Waals surface area contributed by atoms with Gasteiger partial charge in [0, 0.05) is 13.1 Å². The zero-order chi connectivity index (χ0) is 22.1. The molecule has 30 heavy (non-hydrogen) atoms. The normalized spacial score (nSPS) is 17.6. The molecule has 0 saturated carbocycles. The van der Waals surface area contributed by atoms with Crippen LogP contribution in [-0.4, -0.2) is 38.8 Å². The monoisotopic (exact) mass is 446 g/mol. The second-order valence-electron chi connectivity index (χ2n) is 6.71.